The van der Waals surface area contributed by atoms with Crippen LogP contribution in [0.5, 0.6) is 0 Å². The highest BCUT2D eigenvalue weighted by atomic mass is 14.5. The van der Waals surface area contributed by atoms with Crippen LogP contribution in [0.25, 0.3) is 0 Å². The van der Waals surface area contributed by atoms with Gasteiger partial charge >= 0.3 is 0 Å². The van der Waals surface area contributed by atoms with E-state index >= 15 is 0 Å². The van der Waals surface area contributed by atoms with Crippen molar-refractivity contribution in [2.24, 2.45) is 17.8 Å². The minimum Gasteiger partial charge on any atom is -0.0803 e. The van der Waals surface area contributed by atoms with Crippen LogP contribution >= 0.6 is 0 Å². The topological polar surface area (TPSA) is 0 Å². The van der Waals surface area contributed by atoms with Gasteiger partial charge in [-0.15, -0.1) is 0 Å². The average Bonchev–Trinajstić information content (AvgIpc) is 2.43. The Bertz CT molecular complexity index is 186. The van der Waals surface area contributed by atoms with Crippen LogP contribution in [-0.4, -0.2) is 0 Å². The summed E-state index contributed by atoms with van der Waals surface area (Å²) in [5.74, 6) is 2.72. The molecular formula is C9H12. The molecule has 1 saturated carbocycles. The van der Waals surface area contributed by atoms with Crippen molar-refractivity contribution in [3.63, 3.8) is 0 Å². The fraction of sp³-hybridized carbons (Fsp3) is 0.556. The zero-order valence-electron chi connectivity index (χ0n) is 5.96. The van der Waals surface area contributed by atoms with Gasteiger partial charge in [-0.05, 0) is 24.7 Å². The minimum absolute atomic E-state index is 0.897. The molecule has 48 valence electrons. The van der Waals surface area contributed by atoms with E-state index in [1.54, 1.807) is 0 Å². The molecule has 0 heteroatoms. The lowest BCUT2D eigenvalue weighted by atomic mass is 10.1. The Morgan fingerprint density at radius 2 is 2.11 bits per heavy atom. The van der Waals surface area contributed by atoms with E-state index in [1.165, 1.54) is 5.57 Å². The van der Waals surface area contributed by atoms with Crippen LogP contribution in [0.3, 0.4) is 0 Å². The summed E-state index contributed by atoms with van der Waals surface area (Å²) < 4.78 is 0. The molecule has 0 aromatic heterocycles. The quantitative estimate of drug-likeness (QED) is 0.460. The normalized spacial score (nSPS) is 46.0. The third kappa shape index (κ3) is 0.658. The molecule has 0 bridgehead atoms. The molecule has 0 aromatic carbocycles. The molecule has 0 amide bonds. The standard InChI is InChI=1S/C9H12/c1-6-3-4-8-7(2)9(8)5-6/h3-5,7-9H,1-2H3. The molecule has 0 spiro atoms. The summed E-state index contributed by atoms with van der Waals surface area (Å²) in [6, 6.07) is 0. The third-order valence-electron chi connectivity index (χ3n) is 2.55. The van der Waals surface area contributed by atoms with Crippen LogP contribution in [0.2, 0.25) is 0 Å². The number of hydrogen-bond acceptors (Lipinski definition) is 0. The average molecular weight is 120 g/mol. The lowest BCUT2D eigenvalue weighted by molar-refractivity contribution is 0.884. The highest BCUT2D eigenvalue weighted by molar-refractivity contribution is 5.30. The maximum Gasteiger partial charge on any atom is -0.0130 e. The van der Waals surface area contributed by atoms with Gasteiger partial charge in [0.1, 0.15) is 0 Å². The molecule has 2 aliphatic rings. The molecule has 3 atom stereocenters. The monoisotopic (exact) mass is 120 g/mol. The van der Waals surface area contributed by atoms with E-state index in [2.05, 4.69) is 32.1 Å². The van der Waals surface area contributed by atoms with Crippen LogP contribution in [0.15, 0.2) is 23.8 Å². The summed E-state index contributed by atoms with van der Waals surface area (Å²) in [4.78, 5) is 0. The van der Waals surface area contributed by atoms with E-state index in [9.17, 15) is 0 Å². The van der Waals surface area contributed by atoms with Crippen molar-refractivity contribution in [3.05, 3.63) is 23.8 Å². The van der Waals surface area contributed by atoms with E-state index in [0.29, 0.717) is 0 Å². The Labute approximate surface area is 56.3 Å². The molecule has 3 unspecified atom stereocenters. The van der Waals surface area contributed by atoms with Crippen molar-refractivity contribution in [1.29, 1.82) is 0 Å². The van der Waals surface area contributed by atoms with Gasteiger partial charge in [0.2, 0.25) is 0 Å². The van der Waals surface area contributed by atoms with E-state index in [1.807, 2.05) is 0 Å². The molecule has 0 aromatic rings. The van der Waals surface area contributed by atoms with Crippen molar-refractivity contribution < 1.29 is 0 Å². The molecule has 2 aliphatic carbocycles. The molecule has 9 heavy (non-hydrogen) atoms. The van der Waals surface area contributed by atoms with Gasteiger partial charge in [-0.1, -0.05) is 30.7 Å². The first-order valence-corrected chi connectivity index (χ1v) is 3.65. The first kappa shape index (κ1) is 5.28. The van der Waals surface area contributed by atoms with E-state index in [-0.39, 0.29) is 0 Å². The summed E-state index contributed by atoms with van der Waals surface area (Å²) in [7, 11) is 0. The molecular weight excluding hydrogens is 108 g/mol. The second-order valence-corrected chi connectivity index (χ2v) is 3.28. The molecule has 0 saturated heterocycles. The van der Waals surface area contributed by atoms with E-state index < -0.39 is 0 Å². The number of hydrogen-bond donors (Lipinski definition) is 0. The summed E-state index contributed by atoms with van der Waals surface area (Å²) in [5.41, 5.74) is 1.45. The summed E-state index contributed by atoms with van der Waals surface area (Å²) in [6.45, 7) is 4.51. The molecule has 0 aliphatic heterocycles. The van der Waals surface area contributed by atoms with Crippen molar-refractivity contribution in [2.75, 3.05) is 0 Å². The maximum atomic E-state index is 2.40. The lowest BCUT2D eigenvalue weighted by Gasteiger charge is -1.96. The van der Waals surface area contributed by atoms with Gasteiger partial charge in [-0.3, -0.25) is 0 Å². The highest BCUT2D eigenvalue weighted by Crippen LogP contribution is 2.50. The van der Waals surface area contributed by atoms with E-state index in [0.717, 1.165) is 17.8 Å². The second kappa shape index (κ2) is 1.50. The SMILES string of the molecule is CC1=CC2C(C)C2C=C1. The van der Waals surface area contributed by atoms with Gasteiger partial charge < -0.3 is 0 Å². The van der Waals surface area contributed by atoms with Crippen LogP contribution < -0.4 is 0 Å². The Kier molecular flexibility index (Phi) is 0.879. The fourth-order valence-electron chi connectivity index (χ4n) is 1.71. The second-order valence-electron chi connectivity index (χ2n) is 3.28. The summed E-state index contributed by atoms with van der Waals surface area (Å²) in [5, 5.41) is 0. The number of rotatable bonds is 0. The lowest BCUT2D eigenvalue weighted by Crippen LogP contribution is -1.81. The van der Waals surface area contributed by atoms with Gasteiger partial charge in [0.15, 0.2) is 0 Å². The van der Waals surface area contributed by atoms with Gasteiger partial charge in [0.25, 0.3) is 0 Å². The Morgan fingerprint density at radius 1 is 1.33 bits per heavy atom. The smallest absolute Gasteiger partial charge is 0.0130 e. The minimum atomic E-state index is 0.897. The van der Waals surface area contributed by atoms with Gasteiger partial charge in [-0.25, -0.2) is 0 Å². The predicted octanol–water partition coefficient (Wildman–Crippen LogP) is 2.38. The van der Waals surface area contributed by atoms with Crippen molar-refractivity contribution in [2.45, 2.75) is 13.8 Å². The Morgan fingerprint density at radius 3 is 2.67 bits per heavy atom. The van der Waals surface area contributed by atoms with Crippen LogP contribution in [0, 0.1) is 17.8 Å². The zero-order chi connectivity index (χ0) is 6.43. The highest BCUT2D eigenvalue weighted by Gasteiger charge is 2.43. The van der Waals surface area contributed by atoms with Crippen LogP contribution in [0.1, 0.15) is 13.8 Å². The molecule has 0 heterocycles. The maximum absolute atomic E-state index is 2.40. The summed E-state index contributed by atoms with van der Waals surface area (Å²) in [6.07, 6.45) is 6.99. The Balaban J connectivity index is 2.24. The van der Waals surface area contributed by atoms with Crippen LogP contribution in [-0.2, 0) is 0 Å². The molecule has 2 rings (SSSR count). The van der Waals surface area contributed by atoms with Gasteiger partial charge in [-0.2, -0.15) is 0 Å². The molecule has 0 radical (unpaired) electrons. The van der Waals surface area contributed by atoms with Crippen molar-refractivity contribution in [1.82, 2.24) is 0 Å². The predicted molar refractivity (Wildman–Crippen MR) is 39.0 cm³/mol. The van der Waals surface area contributed by atoms with Gasteiger partial charge in [0.05, 0.1) is 0 Å². The van der Waals surface area contributed by atoms with Crippen molar-refractivity contribution in [3.8, 4) is 0 Å². The first-order valence-electron chi connectivity index (χ1n) is 3.65. The zero-order valence-corrected chi connectivity index (χ0v) is 5.96. The van der Waals surface area contributed by atoms with Gasteiger partial charge in [0, 0.05) is 0 Å². The Hall–Kier alpha value is -0.520. The fourth-order valence-corrected chi connectivity index (χ4v) is 1.71. The number of allylic oxidation sites excluding steroid dienone is 4. The largest absolute Gasteiger partial charge is 0.0803 e. The number of fused-ring (bicyclic) bond motifs is 1. The summed E-state index contributed by atoms with van der Waals surface area (Å²) >= 11 is 0. The molecule has 1 fully saturated rings. The van der Waals surface area contributed by atoms with Crippen molar-refractivity contribution >= 4 is 0 Å². The molecule has 0 nitrogen and oxygen atoms in total. The molecule has 0 N–H and O–H groups in total. The first-order chi connectivity index (χ1) is 4.29. The van der Waals surface area contributed by atoms with Crippen LogP contribution in [0.4, 0.5) is 0 Å². The van der Waals surface area contributed by atoms with E-state index in [4.69, 9.17) is 0 Å². The third-order valence-corrected chi connectivity index (χ3v) is 2.55.